The van der Waals surface area contributed by atoms with Crippen LogP contribution in [0.1, 0.15) is 20.7 Å². The Hall–Kier alpha value is -1.68. The second-order valence-electron chi connectivity index (χ2n) is 2.83. The molecule has 0 fully saturated rings. The Bertz CT molecular complexity index is 386. The maximum Gasteiger partial charge on any atom is 0.278 e. The van der Waals surface area contributed by atoms with Gasteiger partial charge in [-0.05, 0) is 6.07 Å². The number of benzene rings is 1. The minimum absolute atomic E-state index is 0.238. The summed E-state index contributed by atoms with van der Waals surface area (Å²) in [6.07, 6.45) is 0. The molecule has 0 unspecified atom stereocenters. The van der Waals surface area contributed by atoms with Crippen molar-refractivity contribution in [3.63, 3.8) is 0 Å². The quantitative estimate of drug-likeness (QED) is 0.594. The van der Waals surface area contributed by atoms with Crippen LogP contribution >= 0.6 is 0 Å². The van der Waals surface area contributed by atoms with Crippen LogP contribution in [-0.2, 0) is 0 Å². The van der Waals surface area contributed by atoms with Crippen molar-refractivity contribution in [3.05, 3.63) is 35.4 Å². The average Bonchev–Trinajstić information content (AvgIpc) is 2.15. The third-order valence-corrected chi connectivity index (χ3v) is 1.99. The number of hydrogen-bond donors (Lipinski definition) is 1. The summed E-state index contributed by atoms with van der Waals surface area (Å²) in [6, 6.07) is 6.46. The topological polar surface area (TPSA) is 57.6 Å². The normalized spacial score (nSPS) is 15.9. The largest absolute Gasteiger partial charge is 0.292 e. The molecule has 0 spiro atoms. The molecule has 1 N–H and O–H groups in total. The van der Waals surface area contributed by atoms with Crippen LogP contribution in [-0.4, -0.2) is 28.5 Å². The van der Waals surface area contributed by atoms with Crippen molar-refractivity contribution >= 4 is 11.7 Å². The first kappa shape index (κ1) is 7.94. The first-order valence-corrected chi connectivity index (χ1v) is 3.83. The zero-order valence-corrected chi connectivity index (χ0v) is 6.73. The van der Waals surface area contributed by atoms with E-state index in [1.807, 2.05) is 0 Å². The van der Waals surface area contributed by atoms with Crippen molar-refractivity contribution in [1.82, 2.24) is 5.06 Å². The van der Waals surface area contributed by atoms with Crippen LogP contribution in [0.15, 0.2) is 24.3 Å². The number of rotatable bonds is 0. The van der Waals surface area contributed by atoms with E-state index in [0.29, 0.717) is 10.6 Å². The zero-order valence-electron chi connectivity index (χ0n) is 6.73. The molecular formula is C9H7NO3. The summed E-state index contributed by atoms with van der Waals surface area (Å²) in [7, 11) is 0. The summed E-state index contributed by atoms with van der Waals surface area (Å²) in [4.78, 5) is 22.6. The first-order chi connectivity index (χ1) is 6.20. The van der Waals surface area contributed by atoms with Crippen LogP contribution in [0.25, 0.3) is 0 Å². The van der Waals surface area contributed by atoms with Crippen molar-refractivity contribution in [2.24, 2.45) is 0 Å². The van der Waals surface area contributed by atoms with E-state index in [0.717, 1.165) is 0 Å². The van der Waals surface area contributed by atoms with Crippen LogP contribution in [0.2, 0.25) is 0 Å². The maximum atomic E-state index is 11.3. The van der Waals surface area contributed by atoms with E-state index in [-0.39, 0.29) is 17.9 Å². The molecule has 0 bridgehead atoms. The maximum absolute atomic E-state index is 11.3. The Balaban J connectivity index is 2.60. The Labute approximate surface area is 74.4 Å². The van der Waals surface area contributed by atoms with Gasteiger partial charge in [-0.1, -0.05) is 18.2 Å². The molecule has 66 valence electrons. The molecule has 13 heavy (non-hydrogen) atoms. The van der Waals surface area contributed by atoms with Gasteiger partial charge in [-0.25, -0.2) is 5.06 Å². The van der Waals surface area contributed by atoms with Crippen molar-refractivity contribution in [1.29, 1.82) is 0 Å². The predicted molar refractivity (Wildman–Crippen MR) is 43.6 cm³/mol. The van der Waals surface area contributed by atoms with Crippen molar-refractivity contribution in [2.75, 3.05) is 6.54 Å². The van der Waals surface area contributed by atoms with E-state index in [2.05, 4.69) is 0 Å². The third-order valence-electron chi connectivity index (χ3n) is 1.99. The molecule has 0 atom stereocenters. The number of Topliss-reactive ketones (excluding diaryl/α,β-unsaturated/α-hetero) is 1. The van der Waals surface area contributed by atoms with Gasteiger partial charge in [0.1, 0.15) is 6.54 Å². The Morgan fingerprint density at radius 2 is 1.77 bits per heavy atom. The third kappa shape index (κ3) is 1.11. The van der Waals surface area contributed by atoms with Crippen LogP contribution in [0.3, 0.4) is 0 Å². The van der Waals surface area contributed by atoms with Crippen molar-refractivity contribution in [3.8, 4) is 0 Å². The summed E-state index contributed by atoms with van der Waals surface area (Å²) in [6.45, 7) is -0.254. The lowest BCUT2D eigenvalue weighted by atomic mass is 9.99. The number of carbonyl (C=O) groups excluding carboxylic acids is 2. The van der Waals surface area contributed by atoms with Gasteiger partial charge in [-0.15, -0.1) is 0 Å². The Morgan fingerprint density at radius 3 is 2.46 bits per heavy atom. The Kier molecular flexibility index (Phi) is 1.63. The standard InChI is InChI=1S/C9H7NO3/c11-8-5-10(13)9(12)7-4-2-1-3-6(7)8/h1-4,13H,5H2. The smallest absolute Gasteiger partial charge is 0.278 e. The number of hydroxylamine groups is 2. The molecule has 0 radical (unpaired) electrons. The van der Waals surface area contributed by atoms with Crippen LogP contribution in [0.4, 0.5) is 0 Å². The highest BCUT2D eigenvalue weighted by Gasteiger charge is 2.28. The molecule has 1 aromatic rings. The molecular weight excluding hydrogens is 170 g/mol. The number of amides is 1. The molecule has 1 aliphatic rings. The second kappa shape index (κ2) is 2.67. The average molecular weight is 177 g/mol. The molecule has 1 amide bonds. The van der Waals surface area contributed by atoms with Crippen molar-refractivity contribution < 1.29 is 14.8 Å². The number of carbonyl (C=O) groups is 2. The fourth-order valence-corrected chi connectivity index (χ4v) is 1.34. The van der Waals surface area contributed by atoms with E-state index in [1.165, 1.54) is 6.07 Å². The highest BCUT2D eigenvalue weighted by Crippen LogP contribution is 2.16. The van der Waals surface area contributed by atoms with Gasteiger partial charge in [0.15, 0.2) is 5.78 Å². The number of hydrogen-bond acceptors (Lipinski definition) is 3. The van der Waals surface area contributed by atoms with E-state index in [4.69, 9.17) is 5.21 Å². The fraction of sp³-hybridized carbons (Fsp3) is 0.111. The van der Waals surface area contributed by atoms with Gasteiger partial charge in [0, 0.05) is 5.56 Å². The molecule has 0 saturated heterocycles. The van der Waals surface area contributed by atoms with Crippen molar-refractivity contribution in [2.45, 2.75) is 0 Å². The van der Waals surface area contributed by atoms with Gasteiger partial charge in [0.05, 0.1) is 5.56 Å². The van der Waals surface area contributed by atoms with E-state index >= 15 is 0 Å². The number of ketones is 1. The first-order valence-electron chi connectivity index (χ1n) is 3.83. The van der Waals surface area contributed by atoms with Crippen LogP contribution in [0, 0.1) is 0 Å². The second-order valence-corrected chi connectivity index (χ2v) is 2.83. The summed E-state index contributed by atoms with van der Waals surface area (Å²) >= 11 is 0. The molecule has 1 heterocycles. The summed E-state index contributed by atoms with van der Waals surface area (Å²) in [5.41, 5.74) is 0.652. The zero-order chi connectivity index (χ0) is 9.42. The van der Waals surface area contributed by atoms with Gasteiger partial charge in [0.2, 0.25) is 0 Å². The monoisotopic (exact) mass is 177 g/mol. The van der Waals surface area contributed by atoms with Gasteiger partial charge >= 0.3 is 0 Å². The lowest BCUT2D eigenvalue weighted by Crippen LogP contribution is -2.38. The lowest BCUT2D eigenvalue weighted by molar-refractivity contribution is -0.0539. The van der Waals surface area contributed by atoms with E-state index in [1.54, 1.807) is 18.2 Å². The highest BCUT2D eigenvalue weighted by molar-refractivity contribution is 6.13. The van der Waals surface area contributed by atoms with Gasteiger partial charge in [-0.2, -0.15) is 0 Å². The number of fused-ring (bicyclic) bond motifs is 1. The minimum atomic E-state index is -0.518. The predicted octanol–water partition coefficient (Wildman–Crippen LogP) is 0.714. The summed E-state index contributed by atoms with van der Waals surface area (Å²) in [5.74, 6) is -0.757. The molecule has 4 nitrogen and oxygen atoms in total. The molecule has 1 aliphatic heterocycles. The molecule has 0 aromatic heterocycles. The molecule has 0 aliphatic carbocycles. The summed E-state index contributed by atoms with van der Waals surface area (Å²) < 4.78 is 0. The highest BCUT2D eigenvalue weighted by atomic mass is 16.5. The van der Waals surface area contributed by atoms with Crippen LogP contribution < -0.4 is 0 Å². The SMILES string of the molecule is O=C1CN(O)C(=O)c2ccccc21. The molecule has 4 heteroatoms. The molecule has 1 aromatic carbocycles. The van der Waals surface area contributed by atoms with E-state index in [9.17, 15) is 9.59 Å². The van der Waals surface area contributed by atoms with Gasteiger partial charge in [-0.3, -0.25) is 14.8 Å². The number of nitrogens with zero attached hydrogens (tertiary/aromatic N) is 1. The van der Waals surface area contributed by atoms with Gasteiger partial charge in [0.25, 0.3) is 5.91 Å². The Morgan fingerprint density at radius 1 is 1.15 bits per heavy atom. The van der Waals surface area contributed by atoms with Gasteiger partial charge < -0.3 is 0 Å². The van der Waals surface area contributed by atoms with Crippen LogP contribution in [0.5, 0.6) is 0 Å². The summed E-state index contributed by atoms with van der Waals surface area (Å²) in [5, 5.41) is 9.49. The lowest BCUT2D eigenvalue weighted by Gasteiger charge is -2.21. The molecule has 2 rings (SSSR count). The minimum Gasteiger partial charge on any atom is -0.292 e. The molecule has 0 saturated carbocycles. The fourth-order valence-electron chi connectivity index (χ4n) is 1.34. The van der Waals surface area contributed by atoms with E-state index < -0.39 is 5.91 Å².